The zero-order chi connectivity index (χ0) is 23.4. The first-order valence-corrected chi connectivity index (χ1v) is 10.9. The van der Waals surface area contributed by atoms with Gasteiger partial charge in [-0.05, 0) is 36.8 Å². The molecule has 0 aliphatic heterocycles. The summed E-state index contributed by atoms with van der Waals surface area (Å²) in [7, 11) is 1.51. The number of benzene rings is 2. The molecule has 0 aliphatic carbocycles. The number of aryl methyl sites for hydroxylation is 1. The van der Waals surface area contributed by atoms with Gasteiger partial charge in [-0.1, -0.05) is 36.5 Å². The van der Waals surface area contributed by atoms with Crippen LogP contribution in [0.1, 0.15) is 38.3 Å². The maximum Gasteiger partial charge on any atom is 0.340 e. The van der Waals surface area contributed by atoms with Crippen LogP contribution in [0.15, 0.2) is 59.4 Å². The van der Waals surface area contributed by atoms with Gasteiger partial charge in [0.2, 0.25) is 4.96 Å². The molecule has 0 spiro atoms. The van der Waals surface area contributed by atoms with Crippen molar-refractivity contribution in [3.8, 4) is 5.75 Å². The molecule has 0 bridgehead atoms. The Kier molecular flexibility index (Phi) is 6.45. The van der Waals surface area contributed by atoms with Crippen LogP contribution in [0.25, 0.3) is 4.96 Å². The number of amides is 1. The molecule has 2 aromatic heterocycles. The number of para-hydroxylation sites is 1. The number of carbonyl (C=O) groups is 2. The Morgan fingerprint density at radius 3 is 2.73 bits per heavy atom. The minimum Gasteiger partial charge on any atom is -0.497 e. The molecule has 168 valence electrons. The molecule has 0 unspecified atom stereocenters. The van der Waals surface area contributed by atoms with Gasteiger partial charge in [0.25, 0.3) is 11.5 Å². The number of nitrogens with zero attached hydrogens (tertiary/aromatic N) is 3. The fourth-order valence-electron chi connectivity index (χ4n) is 3.06. The molecule has 0 atom stereocenters. The van der Waals surface area contributed by atoms with Gasteiger partial charge in [0.15, 0.2) is 0 Å². The second kappa shape index (κ2) is 9.61. The van der Waals surface area contributed by atoms with E-state index in [9.17, 15) is 14.4 Å². The van der Waals surface area contributed by atoms with E-state index in [-0.39, 0.29) is 17.7 Å². The lowest BCUT2D eigenvalue weighted by Gasteiger charge is -2.11. The topological polar surface area (TPSA) is 112 Å². The number of anilines is 1. The normalized spacial score (nSPS) is 10.7. The van der Waals surface area contributed by atoms with Crippen molar-refractivity contribution in [2.45, 2.75) is 20.0 Å². The second-order valence-corrected chi connectivity index (χ2v) is 7.98. The third kappa shape index (κ3) is 4.90. The van der Waals surface area contributed by atoms with Crippen LogP contribution in [0.5, 0.6) is 5.75 Å². The van der Waals surface area contributed by atoms with E-state index in [1.54, 1.807) is 48.5 Å². The predicted molar refractivity (Wildman–Crippen MR) is 123 cm³/mol. The van der Waals surface area contributed by atoms with E-state index < -0.39 is 11.9 Å². The van der Waals surface area contributed by atoms with Crippen LogP contribution in [0.3, 0.4) is 0 Å². The quantitative estimate of drug-likeness (QED) is 0.418. The molecule has 0 fully saturated rings. The van der Waals surface area contributed by atoms with Gasteiger partial charge < -0.3 is 14.8 Å². The molecule has 4 rings (SSSR count). The number of rotatable bonds is 7. The van der Waals surface area contributed by atoms with Crippen molar-refractivity contribution in [3.63, 3.8) is 0 Å². The molecule has 33 heavy (non-hydrogen) atoms. The number of hydrogen-bond acceptors (Lipinski definition) is 8. The van der Waals surface area contributed by atoms with Crippen LogP contribution < -0.4 is 15.6 Å². The summed E-state index contributed by atoms with van der Waals surface area (Å²) in [6.07, 6.45) is 0.691. The summed E-state index contributed by atoms with van der Waals surface area (Å²) in [4.78, 5) is 42.5. The minimum absolute atomic E-state index is 0.178. The highest BCUT2D eigenvalue weighted by Gasteiger charge is 2.17. The number of methoxy groups -OCH3 is 1. The van der Waals surface area contributed by atoms with Crippen molar-refractivity contribution in [3.05, 3.63) is 86.8 Å². The molecular formula is C23H20N4O5S. The van der Waals surface area contributed by atoms with Gasteiger partial charge in [-0.2, -0.15) is 9.61 Å². The van der Waals surface area contributed by atoms with Gasteiger partial charge in [0.1, 0.15) is 17.4 Å². The highest BCUT2D eigenvalue weighted by molar-refractivity contribution is 7.16. The Hall–Kier alpha value is -4.05. The summed E-state index contributed by atoms with van der Waals surface area (Å²) >= 11 is 1.31. The Morgan fingerprint density at radius 2 is 1.94 bits per heavy atom. The van der Waals surface area contributed by atoms with E-state index in [1.165, 1.54) is 29.0 Å². The first-order chi connectivity index (χ1) is 16.0. The molecule has 0 aliphatic rings. The Labute approximate surface area is 192 Å². The average molecular weight is 465 g/mol. The number of esters is 1. The van der Waals surface area contributed by atoms with Gasteiger partial charge in [0.05, 0.1) is 24.1 Å². The van der Waals surface area contributed by atoms with E-state index in [4.69, 9.17) is 9.47 Å². The SMILES string of the molecule is CCc1nn2c(=O)cc(COC(=O)c3ccccc3NC(=O)c3cccc(OC)c3)nc2s1. The molecule has 0 saturated heterocycles. The molecule has 4 aromatic rings. The van der Waals surface area contributed by atoms with Gasteiger partial charge in [0, 0.05) is 11.6 Å². The zero-order valence-corrected chi connectivity index (χ0v) is 18.7. The fourth-order valence-corrected chi connectivity index (χ4v) is 3.92. The number of ether oxygens (including phenoxy) is 2. The van der Waals surface area contributed by atoms with Crippen molar-refractivity contribution in [1.29, 1.82) is 0 Å². The summed E-state index contributed by atoms with van der Waals surface area (Å²) in [6, 6.07) is 14.5. The number of fused-ring (bicyclic) bond motifs is 1. The highest BCUT2D eigenvalue weighted by Crippen LogP contribution is 2.20. The summed E-state index contributed by atoms with van der Waals surface area (Å²) in [6.45, 7) is 1.75. The third-order valence-corrected chi connectivity index (χ3v) is 5.77. The molecule has 2 aromatic carbocycles. The van der Waals surface area contributed by atoms with Crippen molar-refractivity contribution < 1.29 is 19.1 Å². The molecule has 0 radical (unpaired) electrons. The smallest absolute Gasteiger partial charge is 0.340 e. The van der Waals surface area contributed by atoms with Crippen LogP contribution in [0.2, 0.25) is 0 Å². The van der Waals surface area contributed by atoms with Crippen molar-refractivity contribution >= 4 is 33.9 Å². The maximum absolute atomic E-state index is 12.7. The van der Waals surface area contributed by atoms with Gasteiger partial charge in [-0.3, -0.25) is 9.59 Å². The first-order valence-electron chi connectivity index (χ1n) is 10.1. The van der Waals surface area contributed by atoms with Crippen LogP contribution in [-0.4, -0.2) is 33.6 Å². The molecule has 9 nitrogen and oxygen atoms in total. The number of nitrogens with one attached hydrogen (secondary N) is 1. The largest absolute Gasteiger partial charge is 0.497 e. The van der Waals surface area contributed by atoms with Gasteiger partial charge >= 0.3 is 5.97 Å². The third-order valence-electron chi connectivity index (χ3n) is 4.72. The predicted octanol–water partition coefficient (Wildman–Crippen LogP) is 3.33. The van der Waals surface area contributed by atoms with Crippen molar-refractivity contribution in [2.75, 3.05) is 12.4 Å². The van der Waals surface area contributed by atoms with E-state index in [2.05, 4.69) is 15.4 Å². The van der Waals surface area contributed by atoms with E-state index >= 15 is 0 Å². The van der Waals surface area contributed by atoms with E-state index in [0.717, 1.165) is 5.01 Å². The van der Waals surface area contributed by atoms with Gasteiger partial charge in [-0.25, -0.2) is 9.78 Å². The van der Waals surface area contributed by atoms with Crippen LogP contribution in [0.4, 0.5) is 5.69 Å². The highest BCUT2D eigenvalue weighted by atomic mass is 32.1. The fraction of sp³-hybridized carbons (Fsp3) is 0.174. The van der Waals surface area contributed by atoms with E-state index in [0.29, 0.717) is 34.1 Å². The lowest BCUT2D eigenvalue weighted by Crippen LogP contribution is -2.18. The number of hydrogen-bond donors (Lipinski definition) is 1. The minimum atomic E-state index is -0.655. The Morgan fingerprint density at radius 1 is 1.12 bits per heavy atom. The van der Waals surface area contributed by atoms with E-state index in [1.807, 2.05) is 6.92 Å². The molecule has 2 heterocycles. The average Bonchev–Trinajstić information content (AvgIpc) is 3.27. The lowest BCUT2D eigenvalue weighted by atomic mass is 10.1. The Bertz CT molecular complexity index is 1400. The monoisotopic (exact) mass is 464 g/mol. The summed E-state index contributed by atoms with van der Waals surface area (Å²) in [5.41, 5.74) is 0.837. The second-order valence-electron chi connectivity index (χ2n) is 6.94. The zero-order valence-electron chi connectivity index (χ0n) is 17.9. The first kappa shape index (κ1) is 22.2. The van der Waals surface area contributed by atoms with Crippen molar-refractivity contribution in [1.82, 2.24) is 14.6 Å². The van der Waals surface area contributed by atoms with Crippen LogP contribution >= 0.6 is 11.3 Å². The molecule has 1 N–H and O–H groups in total. The van der Waals surface area contributed by atoms with Gasteiger partial charge in [-0.15, -0.1) is 0 Å². The molecular weight excluding hydrogens is 444 g/mol. The lowest BCUT2D eigenvalue weighted by molar-refractivity contribution is 0.0469. The number of aromatic nitrogens is 3. The van der Waals surface area contributed by atoms with Crippen molar-refractivity contribution in [2.24, 2.45) is 0 Å². The molecule has 0 saturated carbocycles. The number of carbonyl (C=O) groups excluding carboxylic acids is 2. The molecule has 10 heteroatoms. The van der Waals surface area contributed by atoms with Crippen LogP contribution in [-0.2, 0) is 17.8 Å². The molecule has 1 amide bonds. The van der Waals surface area contributed by atoms with Crippen LogP contribution in [0, 0.1) is 0 Å². The Balaban J connectivity index is 1.49. The summed E-state index contributed by atoms with van der Waals surface area (Å²) in [5, 5.41) is 7.71. The summed E-state index contributed by atoms with van der Waals surface area (Å²) in [5.74, 6) is -0.508. The maximum atomic E-state index is 12.7. The summed E-state index contributed by atoms with van der Waals surface area (Å²) < 4.78 is 11.8. The standard InChI is InChI=1S/C23H20N4O5S/c1-3-19-26-27-20(28)12-15(24-23(27)33-19)13-32-22(30)17-9-4-5-10-18(17)25-21(29)14-7-6-8-16(11-14)31-2/h4-12H,3,13H2,1-2H3,(H,25,29).